The van der Waals surface area contributed by atoms with Gasteiger partial charge in [0.05, 0.1) is 5.56 Å². The summed E-state index contributed by atoms with van der Waals surface area (Å²) in [6, 6.07) is 12.5. The van der Waals surface area contributed by atoms with Crippen LogP contribution in [-0.2, 0) is 19.2 Å². The molecule has 0 heterocycles. The van der Waals surface area contributed by atoms with Crippen LogP contribution >= 0.6 is 0 Å². The van der Waals surface area contributed by atoms with Gasteiger partial charge in [0.25, 0.3) is 0 Å². The smallest absolute Gasteiger partial charge is 0.416 e. The van der Waals surface area contributed by atoms with Crippen LogP contribution in [0.2, 0.25) is 0 Å². The predicted molar refractivity (Wildman–Crippen MR) is 75.0 cm³/mol. The highest BCUT2D eigenvalue weighted by Gasteiger charge is 2.29. The van der Waals surface area contributed by atoms with Crippen LogP contribution < -0.4 is 10.5 Å². The first kappa shape index (κ1) is 15.4. The fourth-order valence-electron chi connectivity index (χ4n) is 1.91. The molecule has 0 radical (unpaired) electrons. The van der Waals surface area contributed by atoms with Gasteiger partial charge >= 0.3 is 6.18 Å². The second-order valence-electron chi connectivity index (χ2n) is 4.67. The summed E-state index contributed by atoms with van der Waals surface area (Å²) in [6.45, 7) is 0.784. The van der Waals surface area contributed by atoms with Gasteiger partial charge in [-0.2, -0.15) is 13.2 Å². The Hall–Kier alpha value is -2.01. The zero-order valence-corrected chi connectivity index (χ0v) is 11.4. The van der Waals surface area contributed by atoms with Crippen molar-refractivity contribution >= 4 is 0 Å². The quantitative estimate of drug-likeness (QED) is 0.911. The van der Waals surface area contributed by atoms with Crippen molar-refractivity contribution in [3.05, 3.63) is 65.2 Å². The molecule has 112 valence electrons. The fourth-order valence-corrected chi connectivity index (χ4v) is 1.91. The molecule has 2 N–H and O–H groups in total. The minimum absolute atomic E-state index is 0.226. The van der Waals surface area contributed by atoms with Crippen molar-refractivity contribution in [3.63, 3.8) is 0 Å². The van der Waals surface area contributed by atoms with Crippen molar-refractivity contribution in [2.24, 2.45) is 5.73 Å². The summed E-state index contributed by atoms with van der Waals surface area (Å²) in [6.07, 6.45) is -3.55. The maximum absolute atomic E-state index is 12.4. The van der Waals surface area contributed by atoms with E-state index in [9.17, 15) is 13.2 Å². The molecule has 0 fully saturated rings. The number of nitrogens with two attached hydrogens (primary N) is 1. The van der Waals surface area contributed by atoms with Gasteiger partial charge in [0.2, 0.25) is 0 Å². The molecule has 0 saturated carbocycles. The molecule has 2 nitrogen and oxygen atoms in total. The number of ether oxygens (including phenoxy) is 1. The second kappa shape index (κ2) is 6.63. The standard InChI is InChI=1S/C16H16F3NO/c17-16(18,19)14-6-4-13(5-7-14)11-21-15-3-1-2-12(10-15)8-9-20/h1-7,10H,8-9,11,20H2. The Morgan fingerprint density at radius 2 is 1.67 bits per heavy atom. The van der Waals surface area contributed by atoms with Crippen LogP contribution in [0.5, 0.6) is 5.75 Å². The van der Waals surface area contributed by atoms with E-state index in [0.717, 1.165) is 24.1 Å². The van der Waals surface area contributed by atoms with Crippen molar-refractivity contribution in [2.75, 3.05) is 6.54 Å². The first-order valence-electron chi connectivity index (χ1n) is 6.57. The molecular weight excluding hydrogens is 279 g/mol. The average Bonchev–Trinajstić information content (AvgIpc) is 2.45. The first-order valence-corrected chi connectivity index (χ1v) is 6.57. The van der Waals surface area contributed by atoms with Gasteiger partial charge in [0, 0.05) is 0 Å². The normalized spacial score (nSPS) is 11.4. The van der Waals surface area contributed by atoms with Crippen molar-refractivity contribution in [1.29, 1.82) is 0 Å². The molecule has 21 heavy (non-hydrogen) atoms. The summed E-state index contributed by atoms with van der Waals surface area (Å²) in [5.74, 6) is 0.681. The van der Waals surface area contributed by atoms with E-state index < -0.39 is 11.7 Å². The molecule has 0 aliphatic heterocycles. The fraction of sp³-hybridized carbons (Fsp3) is 0.250. The maximum Gasteiger partial charge on any atom is 0.416 e. The molecule has 0 unspecified atom stereocenters. The monoisotopic (exact) mass is 295 g/mol. The lowest BCUT2D eigenvalue weighted by Crippen LogP contribution is -2.05. The molecule has 0 atom stereocenters. The van der Waals surface area contributed by atoms with E-state index in [1.54, 1.807) is 0 Å². The SMILES string of the molecule is NCCc1cccc(OCc2ccc(C(F)(F)F)cc2)c1. The Balaban J connectivity index is 1.98. The third-order valence-electron chi connectivity index (χ3n) is 3.02. The number of alkyl halides is 3. The van der Waals surface area contributed by atoms with Crippen LogP contribution in [0.25, 0.3) is 0 Å². The molecule has 0 spiro atoms. The Kier molecular flexibility index (Phi) is 4.85. The molecule has 0 aliphatic rings. The molecule has 2 aromatic carbocycles. The molecule has 0 aromatic heterocycles. The van der Waals surface area contributed by atoms with Gasteiger partial charge in [0.15, 0.2) is 0 Å². The van der Waals surface area contributed by atoms with Crippen molar-refractivity contribution in [1.82, 2.24) is 0 Å². The van der Waals surface area contributed by atoms with Gasteiger partial charge in [-0.15, -0.1) is 0 Å². The number of hydrogen-bond donors (Lipinski definition) is 1. The third kappa shape index (κ3) is 4.49. The molecule has 5 heteroatoms. The Morgan fingerprint density at radius 3 is 2.29 bits per heavy atom. The average molecular weight is 295 g/mol. The van der Waals surface area contributed by atoms with E-state index in [0.29, 0.717) is 17.9 Å². The van der Waals surface area contributed by atoms with E-state index in [4.69, 9.17) is 10.5 Å². The number of hydrogen-bond acceptors (Lipinski definition) is 2. The van der Waals surface area contributed by atoms with Crippen LogP contribution in [0.3, 0.4) is 0 Å². The summed E-state index contributed by atoms with van der Waals surface area (Å²) >= 11 is 0. The summed E-state index contributed by atoms with van der Waals surface area (Å²) < 4.78 is 42.9. The Bertz CT molecular complexity index is 579. The first-order chi connectivity index (χ1) is 9.99. The minimum atomic E-state index is -4.31. The van der Waals surface area contributed by atoms with Crippen LogP contribution in [0.15, 0.2) is 48.5 Å². The van der Waals surface area contributed by atoms with E-state index in [-0.39, 0.29) is 6.61 Å². The predicted octanol–water partition coefficient (Wildman–Crippen LogP) is 3.79. The summed E-state index contributed by atoms with van der Waals surface area (Å²) in [5, 5.41) is 0. The Morgan fingerprint density at radius 1 is 0.952 bits per heavy atom. The maximum atomic E-state index is 12.4. The van der Waals surface area contributed by atoms with Crippen LogP contribution in [0, 0.1) is 0 Å². The highest BCUT2D eigenvalue weighted by Crippen LogP contribution is 2.29. The van der Waals surface area contributed by atoms with E-state index >= 15 is 0 Å². The number of rotatable bonds is 5. The molecule has 0 amide bonds. The van der Waals surface area contributed by atoms with Crippen LogP contribution in [-0.4, -0.2) is 6.54 Å². The van der Waals surface area contributed by atoms with Crippen molar-refractivity contribution in [2.45, 2.75) is 19.2 Å². The van der Waals surface area contributed by atoms with Gasteiger partial charge in [0.1, 0.15) is 12.4 Å². The van der Waals surface area contributed by atoms with Gasteiger partial charge in [-0.3, -0.25) is 0 Å². The zero-order valence-electron chi connectivity index (χ0n) is 11.4. The van der Waals surface area contributed by atoms with Crippen LogP contribution in [0.4, 0.5) is 13.2 Å². The number of benzene rings is 2. The lowest BCUT2D eigenvalue weighted by atomic mass is 10.1. The summed E-state index contributed by atoms with van der Waals surface area (Å²) in [5.41, 5.74) is 6.59. The zero-order chi connectivity index (χ0) is 15.3. The molecule has 0 bridgehead atoms. The highest BCUT2D eigenvalue weighted by molar-refractivity contribution is 5.29. The van der Waals surface area contributed by atoms with Crippen molar-refractivity contribution in [3.8, 4) is 5.75 Å². The molecule has 2 aromatic rings. The minimum Gasteiger partial charge on any atom is -0.489 e. The highest BCUT2D eigenvalue weighted by atomic mass is 19.4. The summed E-state index contributed by atoms with van der Waals surface area (Å²) in [7, 11) is 0. The molecule has 2 rings (SSSR count). The van der Waals surface area contributed by atoms with E-state index in [1.807, 2.05) is 24.3 Å². The topological polar surface area (TPSA) is 35.2 Å². The van der Waals surface area contributed by atoms with E-state index in [2.05, 4.69) is 0 Å². The molecular formula is C16H16F3NO. The van der Waals surface area contributed by atoms with Gasteiger partial charge in [-0.25, -0.2) is 0 Å². The second-order valence-corrected chi connectivity index (χ2v) is 4.67. The Labute approximate surface area is 121 Å². The van der Waals surface area contributed by atoms with Gasteiger partial charge in [-0.1, -0.05) is 24.3 Å². The molecule has 0 aliphatic carbocycles. The third-order valence-corrected chi connectivity index (χ3v) is 3.02. The van der Waals surface area contributed by atoms with Crippen LogP contribution in [0.1, 0.15) is 16.7 Å². The number of halogens is 3. The van der Waals surface area contributed by atoms with Gasteiger partial charge in [-0.05, 0) is 48.4 Å². The van der Waals surface area contributed by atoms with Gasteiger partial charge < -0.3 is 10.5 Å². The summed E-state index contributed by atoms with van der Waals surface area (Å²) in [4.78, 5) is 0. The lowest BCUT2D eigenvalue weighted by Gasteiger charge is -2.10. The van der Waals surface area contributed by atoms with E-state index in [1.165, 1.54) is 12.1 Å². The lowest BCUT2D eigenvalue weighted by molar-refractivity contribution is -0.137. The van der Waals surface area contributed by atoms with Crippen molar-refractivity contribution < 1.29 is 17.9 Å². The largest absolute Gasteiger partial charge is 0.489 e. The molecule has 0 saturated heterocycles.